The van der Waals surface area contributed by atoms with E-state index in [1.54, 1.807) is 18.3 Å². The minimum atomic E-state index is -0.497. The number of nitrogens with one attached hydrogen (secondary N) is 1. The number of hydrogen-bond acceptors (Lipinski definition) is 7. The SMILES string of the molecule is COc1ccc([N+](=O)[O-])cc1OCc1cccnc1NN. The topological polar surface area (TPSA) is 113 Å². The second-order valence-electron chi connectivity index (χ2n) is 4.04. The fourth-order valence-corrected chi connectivity index (χ4v) is 1.73. The third-order valence-electron chi connectivity index (χ3n) is 2.77. The zero-order valence-electron chi connectivity index (χ0n) is 11.3. The van der Waals surface area contributed by atoms with Gasteiger partial charge in [0.1, 0.15) is 12.4 Å². The van der Waals surface area contributed by atoms with E-state index in [4.69, 9.17) is 15.3 Å². The molecule has 1 aromatic heterocycles. The molecule has 0 amide bonds. The smallest absolute Gasteiger partial charge is 0.273 e. The van der Waals surface area contributed by atoms with Gasteiger partial charge < -0.3 is 14.9 Å². The van der Waals surface area contributed by atoms with Crippen LogP contribution in [0.1, 0.15) is 5.56 Å². The molecule has 2 rings (SSSR count). The van der Waals surface area contributed by atoms with Crippen LogP contribution in [0.4, 0.5) is 11.5 Å². The van der Waals surface area contributed by atoms with Gasteiger partial charge in [-0.2, -0.15) is 0 Å². The van der Waals surface area contributed by atoms with Gasteiger partial charge in [0.25, 0.3) is 5.69 Å². The van der Waals surface area contributed by atoms with Crippen molar-refractivity contribution in [3.8, 4) is 11.5 Å². The lowest BCUT2D eigenvalue weighted by Gasteiger charge is -2.12. The maximum Gasteiger partial charge on any atom is 0.273 e. The van der Waals surface area contributed by atoms with E-state index in [0.717, 1.165) is 0 Å². The van der Waals surface area contributed by atoms with Crippen LogP contribution in [0.3, 0.4) is 0 Å². The molecular formula is C13H14N4O4. The van der Waals surface area contributed by atoms with Crippen molar-refractivity contribution in [3.63, 3.8) is 0 Å². The maximum atomic E-state index is 10.8. The van der Waals surface area contributed by atoms with Gasteiger partial charge in [0.05, 0.1) is 18.1 Å². The predicted molar refractivity (Wildman–Crippen MR) is 76.0 cm³/mol. The van der Waals surface area contributed by atoms with Crippen molar-refractivity contribution < 1.29 is 14.4 Å². The van der Waals surface area contributed by atoms with E-state index in [-0.39, 0.29) is 18.0 Å². The number of nitrogens with two attached hydrogens (primary N) is 1. The van der Waals surface area contributed by atoms with Gasteiger partial charge in [-0.05, 0) is 12.1 Å². The predicted octanol–water partition coefficient (Wildman–Crippen LogP) is 1.86. The van der Waals surface area contributed by atoms with E-state index >= 15 is 0 Å². The molecule has 0 aliphatic carbocycles. The number of methoxy groups -OCH3 is 1. The molecule has 21 heavy (non-hydrogen) atoms. The molecule has 3 N–H and O–H groups in total. The lowest BCUT2D eigenvalue weighted by Crippen LogP contribution is -2.12. The molecule has 110 valence electrons. The van der Waals surface area contributed by atoms with Crippen molar-refractivity contribution >= 4 is 11.5 Å². The first-order valence-electron chi connectivity index (χ1n) is 6.01. The van der Waals surface area contributed by atoms with Crippen LogP contribution in [0.5, 0.6) is 11.5 Å². The number of pyridine rings is 1. The Morgan fingerprint density at radius 2 is 2.19 bits per heavy atom. The number of ether oxygens (including phenoxy) is 2. The van der Waals surface area contributed by atoms with E-state index in [1.807, 2.05) is 0 Å². The van der Waals surface area contributed by atoms with E-state index in [0.29, 0.717) is 17.1 Å². The second-order valence-corrected chi connectivity index (χ2v) is 4.04. The van der Waals surface area contributed by atoms with Crippen LogP contribution in [-0.4, -0.2) is 17.0 Å². The minimum absolute atomic E-state index is 0.0749. The number of nitrogen functional groups attached to an aromatic ring is 1. The first-order chi connectivity index (χ1) is 10.2. The number of rotatable bonds is 6. The first kappa shape index (κ1) is 14.5. The zero-order valence-corrected chi connectivity index (χ0v) is 11.3. The molecule has 0 atom stereocenters. The molecule has 1 aromatic carbocycles. The molecule has 0 spiro atoms. The van der Waals surface area contributed by atoms with Crippen molar-refractivity contribution in [2.75, 3.05) is 12.5 Å². The third-order valence-corrected chi connectivity index (χ3v) is 2.77. The molecule has 2 aromatic rings. The molecule has 0 unspecified atom stereocenters. The monoisotopic (exact) mass is 290 g/mol. The number of non-ortho nitro benzene ring substituents is 1. The Balaban J connectivity index is 2.22. The summed E-state index contributed by atoms with van der Waals surface area (Å²) in [6.07, 6.45) is 1.59. The standard InChI is InChI=1S/C13H14N4O4/c1-20-11-5-4-10(17(18)19)7-12(11)21-8-9-3-2-6-15-13(9)16-14/h2-7H,8,14H2,1H3,(H,15,16). The van der Waals surface area contributed by atoms with Gasteiger partial charge >= 0.3 is 0 Å². The van der Waals surface area contributed by atoms with Crippen molar-refractivity contribution in [1.82, 2.24) is 4.98 Å². The molecule has 0 fully saturated rings. The Labute approximate surface area is 120 Å². The minimum Gasteiger partial charge on any atom is -0.493 e. The van der Waals surface area contributed by atoms with Gasteiger partial charge in [0, 0.05) is 17.8 Å². The highest BCUT2D eigenvalue weighted by Gasteiger charge is 2.13. The molecule has 0 radical (unpaired) electrons. The quantitative estimate of drug-likeness (QED) is 0.474. The zero-order chi connectivity index (χ0) is 15.2. The Bertz CT molecular complexity index is 648. The summed E-state index contributed by atoms with van der Waals surface area (Å²) in [6.45, 7) is 0.144. The van der Waals surface area contributed by atoms with Crippen LogP contribution in [0.15, 0.2) is 36.5 Å². The van der Waals surface area contributed by atoms with Gasteiger partial charge in [0.15, 0.2) is 11.5 Å². The third kappa shape index (κ3) is 3.37. The number of nitro benzene ring substituents is 1. The van der Waals surface area contributed by atoms with Crippen molar-refractivity contribution in [3.05, 3.63) is 52.2 Å². The lowest BCUT2D eigenvalue weighted by molar-refractivity contribution is -0.385. The summed E-state index contributed by atoms with van der Waals surface area (Å²) < 4.78 is 10.7. The fourth-order valence-electron chi connectivity index (χ4n) is 1.73. The second kappa shape index (κ2) is 6.53. The molecule has 0 saturated heterocycles. The van der Waals surface area contributed by atoms with E-state index in [1.165, 1.54) is 25.3 Å². The van der Waals surface area contributed by atoms with Crippen LogP contribution in [0, 0.1) is 10.1 Å². The van der Waals surface area contributed by atoms with Crippen molar-refractivity contribution in [1.29, 1.82) is 0 Å². The highest BCUT2D eigenvalue weighted by Crippen LogP contribution is 2.32. The number of nitrogens with zero attached hydrogens (tertiary/aromatic N) is 2. The lowest BCUT2D eigenvalue weighted by atomic mass is 10.2. The average molecular weight is 290 g/mol. The summed E-state index contributed by atoms with van der Waals surface area (Å²) in [4.78, 5) is 14.3. The highest BCUT2D eigenvalue weighted by molar-refractivity contribution is 5.49. The largest absolute Gasteiger partial charge is 0.493 e. The molecule has 1 heterocycles. The fraction of sp³-hybridized carbons (Fsp3) is 0.154. The molecule has 0 bridgehead atoms. The molecule has 8 heteroatoms. The molecule has 8 nitrogen and oxygen atoms in total. The summed E-state index contributed by atoms with van der Waals surface area (Å²) in [5, 5.41) is 10.8. The first-order valence-corrected chi connectivity index (χ1v) is 6.01. The summed E-state index contributed by atoms with van der Waals surface area (Å²) in [7, 11) is 1.46. The Morgan fingerprint density at radius 1 is 1.38 bits per heavy atom. The number of anilines is 1. The average Bonchev–Trinajstić information content (AvgIpc) is 2.52. The number of hydrazine groups is 1. The summed E-state index contributed by atoms with van der Waals surface area (Å²) in [5.41, 5.74) is 3.10. The summed E-state index contributed by atoms with van der Waals surface area (Å²) in [6, 6.07) is 7.67. The molecule has 0 saturated carbocycles. The van der Waals surface area contributed by atoms with Gasteiger partial charge in [-0.15, -0.1) is 0 Å². The highest BCUT2D eigenvalue weighted by atomic mass is 16.6. The van der Waals surface area contributed by atoms with Crippen molar-refractivity contribution in [2.24, 2.45) is 5.84 Å². The van der Waals surface area contributed by atoms with Gasteiger partial charge in [-0.1, -0.05) is 6.07 Å². The normalized spacial score (nSPS) is 10.0. The Morgan fingerprint density at radius 3 is 2.86 bits per heavy atom. The number of hydrogen-bond donors (Lipinski definition) is 2. The van der Waals surface area contributed by atoms with Gasteiger partial charge in [-0.3, -0.25) is 10.1 Å². The van der Waals surface area contributed by atoms with Crippen molar-refractivity contribution in [2.45, 2.75) is 6.61 Å². The summed E-state index contributed by atoms with van der Waals surface area (Å²) >= 11 is 0. The van der Waals surface area contributed by atoms with Crippen LogP contribution >= 0.6 is 0 Å². The Hall–Kier alpha value is -2.87. The van der Waals surface area contributed by atoms with Crippen LogP contribution in [0.25, 0.3) is 0 Å². The molecule has 0 aliphatic rings. The molecular weight excluding hydrogens is 276 g/mol. The van der Waals surface area contributed by atoms with E-state index < -0.39 is 4.92 Å². The van der Waals surface area contributed by atoms with Crippen LogP contribution in [-0.2, 0) is 6.61 Å². The number of aromatic nitrogens is 1. The molecule has 0 aliphatic heterocycles. The number of nitro groups is 1. The number of benzene rings is 1. The van der Waals surface area contributed by atoms with Gasteiger partial charge in [-0.25, -0.2) is 10.8 Å². The van der Waals surface area contributed by atoms with E-state index in [2.05, 4.69) is 10.4 Å². The van der Waals surface area contributed by atoms with E-state index in [9.17, 15) is 10.1 Å². The van der Waals surface area contributed by atoms with Gasteiger partial charge in [0.2, 0.25) is 0 Å². The summed E-state index contributed by atoms with van der Waals surface area (Å²) in [5.74, 6) is 6.52. The maximum absolute atomic E-state index is 10.8. The Kier molecular flexibility index (Phi) is 4.52. The van der Waals surface area contributed by atoms with Crippen LogP contribution < -0.4 is 20.7 Å². The van der Waals surface area contributed by atoms with Crippen LogP contribution in [0.2, 0.25) is 0 Å².